The van der Waals surface area contributed by atoms with E-state index in [9.17, 15) is 4.79 Å². The molecule has 3 heterocycles. The van der Waals surface area contributed by atoms with E-state index in [4.69, 9.17) is 9.15 Å². The molecule has 2 aliphatic heterocycles. The third-order valence-electron chi connectivity index (χ3n) is 2.73. The van der Waals surface area contributed by atoms with Gasteiger partial charge in [-0.1, -0.05) is 0 Å². The van der Waals surface area contributed by atoms with Gasteiger partial charge in [0.1, 0.15) is 12.4 Å². The van der Waals surface area contributed by atoms with Crippen LogP contribution in [0.5, 0.6) is 0 Å². The van der Waals surface area contributed by atoms with Crippen LogP contribution in [0.15, 0.2) is 31.7 Å². The number of thioether (sulfide) groups is 1. The van der Waals surface area contributed by atoms with Crippen LogP contribution in [0.4, 0.5) is 4.79 Å². The number of hydrogen-bond acceptors (Lipinski definition) is 7. The van der Waals surface area contributed by atoms with Crippen molar-refractivity contribution in [3.63, 3.8) is 0 Å². The van der Waals surface area contributed by atoms with Crippen molar-refractivity contribution in [3.05, 3.63) is 17.9 Å². The zero-order chi connectivity index (χ0) is 13.8. The van der Waals surface area contributed by atoms with Crippen molar-refractivity contribution in [2.45, 2.75) is 11.5 Å². The molecule has 20 heavy (non-hydrogen) atoms. The third kappa shape index (κ3) is 3.13. The molecule has 106 valence electrons. The number of nitrogens with one attached hydrogen (secondary N) is 1. The molecule has 1 aromatic rings. The first kappa shape index (κ1) is 13.0. The van der Waals surface area contributed by atoms with Crippen molar-refractivity contribution in [2.24, 2.45) is 10.1 Å². The van der Waals surface area contributed by atoms with Gasteiger partial charge >= 0.3 is 6.09 Å². The molecule has 1 fully saturated rings. The summed E-state index contributed by atoms with van der Waals surface area (Å²) in [6.45, 7) is 2.64. The number of amidine groups is 1. The van der Waals surface area contributed by atoms with Crippen LogP contribution in [-0.2, 0) is 4.74 Å². The normalized spacial score (nSPS) is 19.1. The fraction of sp³-hybridized carbons (Fsp3) is 0.417. The number of carbonyl (C=O) groups excluding carboxylic acids is 1. The Kier molecular flexibility index (Phi) is 3.91. The number of ether oxygens (including phenoxy) is 1. The molecule has 1 amide bonds. The topological polar surface area (TPSA) is 79.4 Å². The lowest BCUT2D eigenvalue weighted by atomic mass is 10.4. The molecule has 1 N–H and O–H groups in total. The van der Waals surface area contributed by atoms with E-state index < -0.39 is 6.09 Å². The highest BCUT2D eigenvalue weighted by Crippen LogP contribution is 2.22. The predicted molar refractivity (Wildman–Crippen MR) is 75.1 cm³/mol. The van der Waals surface area contributed by atoms with E-state index in [-0.39, 0.29) is 0 Å². The van der Waals surface area contributed by atoms with Crippen molar-refractivity contribution in [1.29, 1.82) is 0 Å². The van der Waals surface area contributed by atoms with Gasteiger partial charge in [-0.25, -0.2) is 4.79 Å². The van der Waals surface area contributed by atoms with E-state index >= 15 is 0 Å². The average molecular weight is 294 g/mol. The van der Waals surface area contributed by atoms with E-state index in [0.29, 0.717) is 18.9 Å². The Morgan fingerprint density at radius 2 is 2.45 bits per heavy atom. The van der Waals surface area contributed by atoms with E-state index in [0.717, 1.165) is 29.8 Å². The number of amides is 1. The van der Waals surface area contributed by atoms with Crippen LogP contribution in [-0.4, -0.2) is 48.7 Å². The van der Waals surface area contributed by atoms with E-state index in [2.05, 4.69) is 15.4 Å². The molecular formula is C12H14N4O3S. The molecule has 0 radical (unpaired) electrons. The van der Waals surface area contributed by atoms with E-state index in [1.54, 1.807) is 6.07 Å². The standard InChI is InChI=1S/C12H14N4O3S/c17-12-16(6-7-18-12)15-8-9-2-3-10(19-9)20-11-13-4-1-5-14-11/h2-3,8H,1,4-7H2,(H,13,14)/b15-8+. The second kappa shape index (κ2) is 6.00. The molecule has 3 rings (SSSR count). The van der Waals surface area contributed by atoms with Crippen molar-refractivity contribution in [3.8, 4) is 0 Å². The van der Waals surface area contributed by atoms with Gasteiger partial charge in [-0.05, 0) is 30.3 Å². The van der Waals surface area contributed by atoms with Gasteiger partial charge in [0.2, 0.25) is 0 Å². The first-order valence-corrected chi connectivity index (χ1v) is 7.17. The monoisotopic (exact) mass is 294 g/mol. The fourth-order valence-electron chi connectivity index (χ4n) is 1.75. The summed E-state index contributed by atoms with van der Waals surface area (Å²) < 4.78 is 10.4. The molecular weight excluding hydrogens is 280 g/mol. The fourth-order valence-corrected chi connectivity index (χ4v) is 2.54. The lowest BCUT2D eigenvalue weighted by Crippen LogP contribution is -2.26. The van der Waals surface area contributed by atoms with Gasteiger partial charge in [0.25, 0.3) is 0 Å². The molecule has 0 aliphatic carbocycles. The highest BCUT2D eigenvalue weighted by atomic mass is 32.2. The number of rotatable bonds is 3. The molecule has 1 saturated heterocycles. The minimum Gasteiger partial charge on any atom is -0.448 e. The number of carbonyl (C=O) groups is 1. The number of furan rings is 1. The molecule has 0 unspecified atom stereocenters. The summed E-state index contributed by atoms with van der Waals surface area (Å²) >= 11 is 1.45. The zero-order valence-corrected chi connectivity index (χ0v) is 11.6. The first-order chi connectivity index (χ1) is 9.81. The smallest absolute Gasteiger partial charge is 0.430 e. The summed E-state index contributed by atoms with van der Waals surface area (Å²) in [7, 11) is 0. The van der Waals surface area contributed by atoms with Crippen LogP contribution in [0.1, 0.15) is 12.2 Å². The Morgan fingerprint density at radius 1 is 1.50 bits per heavy atom. The number of aliphatic imine (C=N–C) groups is 1. The summed E-state index contributed by atoms with van der Waals surface area (Å²) in [4.78, 5) is 15.6. The van der Waals surface area contributed by atoms with Crippen LogP contribution in [0.3, 0.4) is 0 Å². The summed E-state index contributed by atoms with van der Waals surface area (Å²) in [5.74, 6) is 0.587. The largest absolute Gasteiger partial charge is 0.448 e. The minimum atomic E-state index is -0.428. The van der Waals surface area contributed by atoms with Gasteiger partial charge in [0, 0.05) is 13.1 Å². The van der Waals surface area contributed by atoms with Gasteiger partial charge in [-0.3, -0.25) is 4.99 Å². The van der Waals surface area contributed by atoms with Crippen molar-refractivity contribution >= 4 is 29.2 Å². The quantitative estimate of drug-likeness (QED) is 0.855. The Morgan fingerprint density at radius 3 is 3.20 bits per heavy atom. The number of nitrogens with zero attached hydrogens (tertiary/aromatic N) is 3. The third-order valence-corrected chi connectivity index (χ3v) is 3.62. The Hall–Kier alpha value is -1.96. The highest BCUT2D eigenvalue weighted by molar-refractivity contribution is 8.13. The Bertz CT molecular complexity index is 555. The molecule has 2 aliphatic rings. The van der Waals surface area contributed by atoms with Crippen LogP contribution >= 0.6 is 11.8 Å². The lowest BCUT2D eigenvalue weighted by Gasteiger charge is -2.11. The van der Waals surface area contributed by atoms with Gasteiger partial charge in [0.15, 0.2) is 10.3 Å². The number of hydrogen-bond donors (Lipinski definition) is 1. The van der Waals surface area contributed by atoms with Crippen LogP contribution < -0.4 is 5.32 Å². The van der Waals surface area contributed by atoms with Crippen molar-refractivity contribution < 1.29 is 13.9 Å². The maximum Gasteiger partial charge on any atom is 0.430 e. The SMILES string of the molecule is O=C1OCCN1/N=C/c1ccc(SC2=NCCCN2)o1. The molecule has 0 spiro atoms. The summed E-state index contributed by atoms with van der Waals surface area (Å²) in [6.07, 6.45) is 2.14. The second-order valence-corrected chi connectivity index (χ2v) is 5.20. The molecule has 0 aromatic carbocycles. The van der Waals surface area contributed by atoms with Gasteiger partial charge in [-0.2, -0.15) is 10.1 Å². The molecule has 7 nitrogen and oxygen atoms in total. The van der Waals surface area contributed by atoms with Crippen LogP contribution in [0.2, 0.25) is 0 Å². The molecule has 8 heteroatoms. The molecule has 0 atom stereocenters. The lowest BCUT2D eigenvalue weighted by molar-refractivity contribution is 0.159. The zero-order valence-electron chi connectivity index (χ0n) is 10.7. The van der Waals surface area contributed by atoms with Crippen LogP contribution in [0.25, 0.3) is 0 Å². The number of hydrazone groups is 1. The predicted octanol–water partition coefficient (Wildman–Crippen LogP) is 1.51. The molecule has 1 aromatic heterocycles. The van der Waals surface area contributed by atoms with Gasteiger partial charge < -0.3 is 14.5 Å². The molecule has 0 saturated carbocycles. The van der Waals surface area contributed by atoms with Gasteiger partial charge in [-0.15, -0.1) is 0 Å². The summed E-state index contributed by atoms with van der Waals surface area (Å²) in [6, 6.07) is 3.66. The van der Waals surface area contributed by atoms with E-state index in [1.165, 1.54) is 23.0 Å². The van der Waals surface area contributed by atoms with E-state index in [1.807, 2.05) is 6.07 Å². The maximum atomic E-state index is 11.2. The average Bonchev–Trinajstić information content (AvgIpc) is 3.07. The first-order valence-electron chi connectivity index (χ1n) is 6.35. The Balaban J connectivity index is 1.60. The summed E-state index contributed by atoms with van der Waals surface area (Å²) in [5.41, 5.74) is 0. The minimum absolute atomic E-state index is 0.376. The van der Waals surface area contributed by atoms with Crippen LogP contribution in [0, 0.1) is 0 Å². The maximum absolute atomic E-state index is 11.2. The number of cyclic esters (lactones) is 1. The Labute approximate surface area is 120 Å². The van der Waals surface area contributed by atoms with Crippen molar-refractivity contribution in [2.75, 3.05) is 26.2 Å². The van der Waals surface area contributed by atoms with Crippen molar-refractivity contribution in [1.82, 2.24) is 10.3 Å². The summed E-state index contributed by atoms with van der Waals surface area (Å²) in [5, 5.41) is 10.1. The van der Waals surface area contributed by atoms with Gasteiger partial charge in [0.05, 0.1) is 12.8 Å². The molecule has 0 bridgehead atoms. The second-order valence-electron chi connectivity index (χ2n) is 4.21. The highest BCUT2D eigenvalue weighted by Gasteiger charge is 2.20.